The van der Waals surface area contributed by atoms with Crippen LogP contribution in [0.15, 0.2) is 10.6 Å². The van der Waals surface area contributed by atoms with Crippen molar-refractivity contribution in [1.29, 1.82) is 0 Å². The molecule has 0 aromatic carbocycles. The highest BCUT2D eigenvalue weighted by Gasteiger charge is 2.06. The van der Waals surface area contributed by atoms with Gasteiger partial charge in [-0.15, -0.1) is 11.6 Å². The third-order valence-corrected chi connectivity index (χ3v) is 2.35. The molecular weight excluding hydrogens is 186 g/mol. The molecule has 1 atom stereocenters. The van der Waals surface area contributed by atoms with Crippen molar-refractivity contribution in [1.82, 2.24) is 4.98 Å². The number of aromatic nitrogens is 1. The lowest BCUT2D eigenvalue weighted by atomic mass is 10.0. The van der Waals surface area contributed by atoms with Gasteiger partial charge in [-0.2, -0.15) is 0 Å². The Morgan fingerprint density at radius 1 is 1.62 bits per heavy atom. The third kappa shape index (κ3) is 3.39. The van der Waals surface area contributed by atoms with Crippen LogP contribution >= 0.6 is 11.6 Å². The summed E-state index contributed by atoms with van der Waals surface area (Å²) >= 11 is 5.58. The van der Waals surface area contributed by atoms with Crippen LogP contribution in [0.3, 0.4) is 0 Å². The van der Waals surface area contributed by atoms with Crippen molar-refractivity contribution in [3.8, 4) is 0 Å². The van der Waals surface area contributed by atoms with Crippen LogP contribution in [0.2, 0.25) is 0 Å². The lowest BCUT2D eigenvalue weighted by Crippen LogP contribution is -1.95. The van der Waals surface area contributed by atoms with Crippen LogP contribution < -0.4 is 0 Å². The summed E-state index contributed by atoms with van der Waals surface area (Å²) in [5.41, 5.74) is 0. The van der Waals surface area contributed by atoms with Gasteiger partial charge in [0.15, 0.2) is 5.89 Å². The van der Waals surface area contributed by atoms with E-state index >= 15 is 0 Å². The molecule has 2 nitrogen and oxygen atoms in total. The second kappa shape index (κ2) is 5.28. The molecule has 1 aromatic heterocycles. The number of nitrogens with zero attached hydrogens (tertiary/aromatic N) is 1. The first-order valence-corrected chi connectivity index (χ1v) is 5.29. The van der Waals surface area contributed by atoms with Crippen molar-refractivity contribution < 1.29 is 4.42 Å². The van der Waals surface area contributed by atoms with Crippen molar-refractivity contribution in [2.45, 2.75) is 33.1 Å². The van der Waals surface area contributed by atoms with Crippen molar-refractivity contribution in [2.75, 3.05) is 5.88 Å². The Balaban J connectivity index is 2.48. The molecule has 13 heavy (non-hydrogen) atoms. The molecule has 1 aromatic rings. The summed E-state index contributed by atoms with van der Waals surface area (Å²) in [6.45, 7) is 4.39. The number of aryl methyl sites for hydroxylation is 1. The van der Waals surface area contributed by atoms with Gasteiger partial charge in [0.25, 0.3) is 0 Å². The smallest absolute Gasteiger partial charge is 0.195 e. The first-order chi connectivity index (χ1) is 6.26. The van der Waals surface area contributed by atoms with E-state index in [-0.39, 0.29) is 0 Å². The van der Waals surface area contributed by atoms with E-state index in [9.17, 15) is 0 Å². The minimum Gasteiger partial charge on any atom is -0.446 e. The molecule has 1 rings (SSSR count). The van der Waals surface area contributed by atoms with Crippen LogP contribution in [0.1, 0.15) is 31.9 Å². The minimum atomic E-state index is 0.573. The van der Waals surface area contributed by atoms with Gasteiger partial charge in [-0.25, -0.2) is 4.98 Å². The Kier molecular flexibility index (Phi) is 4.29. The highest BCUT2D eigenvalue weighted by molar-refractivity contribution is 6.17. The molecule has 3 heteroatoms. The van der Waals surface area contributed by atoms with Gasteiger partial charge in [-0.3, -0.25) is 0 Å². The molecule has 0 radical (unpaired) electrons. The topological polar surface area (TPSA) is 26.0 Å². The summed E-state index contributed by atoms with van der Waals surface area (Å²) in [5, 5.41) is 0. The number of hydrogen-bond acceptors (Lipinski definition) is 2. The first kappa shape index (κ1) is 10.6. The lowest BCUT2D eigenvalue weighted by Gasteiger charge is -2.03. The van der Waals surface area contributed by atoms with Crippen LogP contribution in [0, 0.1) is 5.92 Å². The fourth-order valence-electron chi connectivity index (χ4n) is 1.13. The molecule has 0 bridgehead atoms. The average molecular weight is 202 g/mol. The summed E-state index contributed by atoms with van der Waals surface area (Å²) in [6, 6.07) is 0. The molecule has 0 saturated carbocycles. The van der Waals surface area contributed by atoms with E-state index in [2.05, 4.69) is 18.8 Å². The van der Waals surface area contributed by atoms with Gasteiger partial charge in [0.05, 0.1) is 6.20 Å². The van der Waals surface area contributed by atoms with Crippen LogP contribution in [-0.4, -0.2) is 10.9 Å². The fraction of sp³-hybridized carbons (Fsp3) is 0.700. The number of hydrogen-bond donors (Lipinski definition) is 0. The summed E-state index contributed by atoms with van der Waals surface area (Å²) in [6.07, 6.45) is 4.69. The molecule has 0 amide bonds. The molecule has 1 unspecified atom stereocenters. The van der Waals surface area contributed by atoms with Gasteiger partial charge in [0.1, 0.15) is 5.76 Å². The Bertz CT molecular complexity index is 247. The van der Waals surface area contributed by atoms with Crippen LogP contribution in [0.5, 0.6) is 0 Å². The Morgan fingerprint density at radius 3 is 3.00 bits per heavy atom. The molecule has 0 aliphatic rings. The van der Waals surface area contributed by atoms with Gasteiger partial charge in [-0.05, 0) is 5.92 Å². The van der Waals surface area contributed by atoms with Crippen molar-refractivity contribution in [2.24, 2.45) is 5.92 Å². The zero-order valence-electron chi connectivity index (χ0n) is 8.22. The Morgan fingerprint density at radius 2 is 2.38 bits per heavy atom. The summed E-state index contributed by atoms with van der Waals surface area (Å²) < 4.78 is 5.50. The third-order valence-electron chi connectivity index (χ3n) is 2.16. The van der Waals surface area contributed by atoms with Crippen molar-refractivity contribution in [3.05, 3.63) is 17.8 Å². The van der Waals surface area contributed by atoms with Crippen LogP contribution in [0.4, 0.5) is 0 Å². The second-order valence-electron chi connectivity index (χ2n) is 3.38. The highest BCUT2D eigenvalue weighted by Crippen LogP contribution is 2.12. The average Bonchev–Trinajstić information content (AvgIpc) is 2.53. The number of oxazole rings is 1. The van der Waals surface area contributed by atoms with Gasteiger partial charge < -0.3 is 4.42 Å². The minimum absolute atomic E-state index is 0.573. The van der Waals surface area contributed by atoms with E-state index < -0.39 is 0 Å². The van der Waals surface area contributed by atoms with E-state index in [4.69, 9.17) is 16.0 Å². The van der Waals surface area contributed by atoms with Crippen LogP contribution in [-0.2, 0) is 12.8 Å². The SMILES string of the molecule is CCC(C)Cc1cnc(CCCl)o1. The Hall–Kier alpha value is -0.500. The van der Waals surface area contributed by atoms with E-state index in [0.29, 0.717) is 11.8 Å². The van der Waals surface area contributed by atoms with Crippen molar-refractivity contribution >= 4 is 11.6 Å². The van der Waals surface area contributed by atoms with E-state index in [1.165, 1.54) is 6.42 Å². The predicted molar refractivity (Wildman–Crippen MR) is 54.1 cm³/mol. The van der Waals surface area contributed by atoms with E-state index in [0.717, 1.165) is 24.5 Å². The summed E-state index contributed by atoms with van der Waals surface area (Å²) in [5.74, 6) is 2.98. The monoisotopic (exact) mass is 201 g/mol. The van der Waals surface area contributed by atoms with Crippen molar-refractivity contribution in [3.63, 3.8) is 0 Å². The number of alkyl halides is 1. The molecule has 0 N–H and O–H groups in total. The molecule has 74 valence electrons. The maximum atomic E-state index is 5.58. The zero-order valence-corrected chi connectivity index (χ0v) is 8.97. The standard InChI is InChI=1S/C10H16ClNO/c1-3-8(2)6-9-7-12-10(13-9)4-5-11/h7-8H,3-6H2,1-2H3. The van der Waals surface area contributed by atoms with Gasteiger partial charge in [-0.1, -0.05) is 20.3 Å². The summed E-state index contributed by atoms with van der Waals surface area (Å²) in [4.78, 5) is 4.14. The maximum Gasteiger partial charge on any atom is 0.195 e. The van der Waals surface area contributed by atoms with Crippen LogP contribution in [0.25, 0.3) is 0 Å². The zero-order chi connectivity index (χ0) is 9.68. The quantitative estimate of drug-likeness (QED) is 0.685. The molecule has 0 fully saturated rings. The fourth-order valence-corrected chi connectivity index (χ4v) is 1.29. The largest absolute Gasteiger partial charge is 0.446 e. The number of halogens is 1. The molecular formula is C10H16ClNO. The normalized spacial score (nSPS) is 13.2. The molecule has 0 aliphatic heterocycles. The van der Waals surface area contributed by atoms with Gasteiger partial charge >= 0.3 is 0 Å². The van der Waals surface area contributed by atoms with E-state index in [1.54, 1.807) is 0 Å². The van der Waals surface area contributed by atoms with Gasteiger partial charge in [0.2, 0.25) is 0 Å². The second-order valence-corrected chi connectivity index (χ2v) is 3.75. The summed E-state index contributed by atoms with van der Waals surface area (Å²) in [7, 11) is 0. The lowest BCUT2D eigenvalue weighted by molar-refractivity contribution is 0.422. The molecule has 0 saturated heterocycles. The number of rotatable bonds is 5. The molecule has 1 heterocycles. The molecule has 0 spiro atoms. The predicted octanol–water partition coefficient (Wildman–Crippen LogP) is 3.04. The Labute approximate surface area is 84.3 Å². The van der Waals surface area contributed by atoms with Gasteiger partial charge in [0, 0.05) is 18.7 Å². The highest BCUT2D eigenvalue weighted by atomic mass is 35.5. The molecule has 0 aliphatic carbocycles. The maximum absolute atomic E-state index is 5.58. The van der Waals surface area contributed by atoms with E-state index in [1.807, 2.05) is 6.20 Å². The first-order valence-electron chi connectivity index (χ1n) is 4.75.